The maximum Gasteiger partial charge on any atom is 0.416 e. The number of alkyl halides is 3. The van der Waals surface area contributed by atoms with Gasteiger partial charge in [-0.2, -0.15) is 13.2 Å². The molecule has 9 heteroatoms. The Morgan fingerprint density at radius 2 is 2.04 bits per heavy atom. The molecule has 1 fully saturated rings. The highest BCUT2D eigenvalue weighted by molar-refractivity contribution is 7.78. The SMILES string of the molecule is O=C(c1cc(C2CC2)on1)c1ccc(C(F)(F)F)cc1CS(=O)[O-]. The molecular formula is C15H11F3NO4S-. The molecule has 1 aromatic heterocycles. The normalized spacial score (nSPS) is 16.2. The molecule has 0 radical (unpaired) electrons. The van der Waals surface area contributed by atoms with Gasteiger partial charge in [0.1, 0.15) is 5.76 Å². The number of benzene rings is 1. The van der Waals surface area contributed by atoms with Gasteiger partial charge in [-0.3, -0.25) is 9.00 Å². The molecule has 1 aromatic carbocycles. The second kappa shape index (κ2) is 6.14. The minimum atomic E-state index is -4.63. The molecule has 1 aliphatic rings. The highest BCUT2D eigenvalue weighted by Gasteiger charge is 2.32. The number of hydrogen-bond donors (Lipinski definition) is 0. The maximum atomic E-state index is 12.8. The van der Waals surface area contributed by atoms with Gasteiger partial charge in [0.15, 0.2) is 5.69 Å². The van der Waals surface area contributed by atoms with E-state index in [1.807, 2.05) is 0 Å². The Labute approximate surface area is 137 Å². The molecule has 1 atom stereocenters. The predicted molar refractivity (Wildman–Crippen MR) is 76.0 cm³/mol. The zero-order valence-corrected chi connectivity index (χ0v) is 12.9. The van der Waals surface area contributed by atoms with Crippen molar-refractivity contribution in [1.82, 2.24) is 5.16 Å². The first-order valence-corrected chi connectivity index (χ1v) is 8.27. The topological polar surface area (TPSA) is 83.2 Å². The molecule has 1 aliphatic carbocycles. The Morgan fingerprint density at radius 1 is 1.33 bits per heavy atom. The second-order valence-corrected chi connectivity index (χ2v) is 6.43. The van der Waals surface area contributed by atoms with E-state index in [1.54, 1.807) is 0 Å². The fourth-order valence-electron chi connectivity index (χ4n) is 2.33. The highest BCUT2D eigenvalue weighted by atomic mass is 32.2. The summed E-state index contributed by atoms with van der Waals surface area (Å²) in [6.07, 6.45) is -2.76. The van der Waals surface area contributed by atoms with Gasteiger partial charge in [-0.25, -0.2) is 0 Å². The van der Waals surface area contributed by atoms with E-state index in [-0.39, 0.29) is 22.7 Å². The molecule has 0 N–H and O–H groups in total. The minimum Gasteiger partial charge on any atom is -0.772 e. The Morgan fingerprint density at radius 3 is 2.62 bits per heavy atom. The van der Waals surface area contributed by atoms with Crippen molar-refractivity contribution < 1.29 is 31.3 Å². The van der Waals surface area contributed by atoms with Gasteiger partial charge in [0, 0.05) is 23.3 Å². The Kier molecular flexibility index (Phi) is 4.31. The molecule has 1 saturated carbocycles. The van der Waals surface area contributed by atoms with Crippen molar-refractivity contribution in [3.8, 4) is 0 Å². The molecule has 5 nitrogen and oxygen atoms in total. The van der Waals surface area contributed by atoms with Crippen molar-refractivity contribution in [2.24, 2.45) is 0 Å². The Balaban J connectivity index is 1.97. The smallest absolute Gasteiger partial charge is 0.416 e. The molecule has 2 aromatic rings. The van der Waals surface area contributed by atoms with Crippen molar-refractivity contribution >= 4 is 16.9 Å². The third-order valence-electron chi connectivity index (χ3n) is 3.69. The van der Waals surface area contributed by atoms with Gasteiger partial charge in [0.2, 0.25) is 5.78 Å². The van der Waals surface area contributed by atoms with E-state index in [0.29, 0.717) is 11.8 Å². The molecule has 1 unspecified atom stereocenters. The van der Waals surface area contributed by atoms with Crippen LogP contribution in [0.25, 0.3) is 0 Å². The first kappa shape index (κ1) is 16.8. The number of rotatable bonds is 5. The van der Waals surface area contributed by atoms with Crippen LogP contribution < -0.4 is 0 Å². The van der Waals surface area contributed by atoms with Crippen LogP contribution in [0.4, 0.5) is 13.2 Å². The molecule has 1 heterocycles. The molecular weight excluding hydrogens is 347 g/mol. The average molecular weight is 358 g/mol. The van der Waals surface area contributed by atoms with Gasteiger partial charge in [0.25, 0.3) is 0 Å². The Bertz CT molecular complexity index is 811. The monoisotopic (exact) mass is 358 g/mol. The maximum absolute atomic E-state index is 12.8. The summed E-state index contributed by atoms with van der Waals surface area (Å²) in [5, 5.41) is 3.64. The average Bonchev–Trinajstić information content (AvgIpc) is 3.22. The lowest BCUT2D eigenvalue weighted by molar-refractivity contribution is -0.137. The van der Waals surface area contributed by atoms with E-state index in [0.717, 1.165) is 25.0 Å². The Hall–Kier alpha value is -2.00. The molecule has 0 saturated heterocycles. The second-order valence-electron chi connectivity index (χ2n) is 5.54. The molecule has 24 heavy (non-hydrogen) atoms. The van der Waals surface area contributed by atoms with E-state index in [1.165, 1.54) is 6.07 Å². The summed E-state index contributed by atoms with van der Waals surface area (Å²) in [6, 6.07) is 3.84. The first-order valence-electron chi connectivity index (χ1n) is 7.03. The zero-order valence-electron chi connectivity index (χ0n) is 12.1. The number of halogens is 3. The lowest BCUT2D eigenvalue weighted by Gasteiger charge is -2.13. The largest absolute Gasteiger partial charge is 0.772 e. The van der Waals surface area contributed by atoms with Crippen molar-refractivity contribution in [3.63, 3.8) is 0 Å². The quantitative estimate of drug-likeness (QED) is 0.605. The fourth-order valence-corrected chi connectivity index (χ4v) is 2.83. The third kappa shape index (κ3) is 3.57. The molecule has 0 bridgehead atoms. The summed E-state index contributed by atoms with van der Waals surface area (Å²) in [5.74, 6) is -0.586. The molecule has 0 aliphatic heterocycles. The van der Waals surface area contributed by atoms with Crippen LogP contribution in [0, 0.1) is 0 Å². The molecule has 0 spiro atoms. The number of hydrogen-bond acceptors (Lipinski definition) is 5. The summed E-state index contributed by atoms with van der Waals surface area (Å²) < 4.78 is 65.3. The van der Waals surface area contributed by atoms with Crippen LogP contribution in [-0.4, -0.2) is 19.7 Å². The fraction of sp³-hybridized carbons (Fsp3) is 0.333. The van der Waals surface area contributed by atoms with Crippen molar-refractivity contribution in [2.45, 2.75) is 30.7 Å². The summed E-state index contributed by atoms with van der Waals surface area (Å²) in [6.45, 7) is 0. The standard InChI is InChI=1S/C15H12F3NO4S/c16-15(17,18)10-3-4-11(9(5-10)7-24(21)22)14(20)12-6-13(23-19-12)8-1-2-8/h3-6,8H,1-2,7H2,(H,21,22)/p-1. The van der Waals surface area contributed by atoms with Crippen LogP contribution in [0.2, 0.25) is 0 Å². The van der Waals surface area contributed by atoms with Crippen LogP contribution in [-0.2, 0) is 23.0 Å². The summed E-state index contributed by atoms with van der Waals surface area (Å²) in [4.78, 5) is 12.5. The first-order chi connectivity index (χ1) is 11.3. The van der Waals surface area contributed by atoms with Crippen molar-refractivity contribution in [3.05, 3.63) is 52.4 Å². The van der Waals surface area contributed by atoms with E-state index >= 15 is 0 Å². The third-order valence-corrected chi connectivity index (χ3v) is 4.24. The van der Waals surface area contributed by atoms with Crippen LogP contribution in [0.3, 0.4) is 0 Å². The van der Waals surface area contributed by atoms with Gasteiger partial charge >= 0.3 is 6.18 Å². The number of aromatic nitrogens is 1. The van der Waals surface area contributed by atoms with Crippen LogP contribution in [0.1, 0.15) is 51.7 Å². The van der Waals surface area contributed by atoms with Gasteiger partial charge in [-0.15, -0.1) is 0 Å². The van der Waals surface area contributed by atoms with Gasteiger partial charge in [0.05, 0.1) is 5.56 Å². The summed E-state index contributed by atoms with van der Waals surface area (Å²) in [7, 11) is 0. The van der Waals surface area contributed by atoms with E-state index in [9.17, 15) is 26.7 Å². The van der Waals surface area contributed by atoms with Gasteiger partial charge in [-0.1, -0.05) is 22.3 Å². The minimum absolute atomic E-state index is 0.0467. The lowest BCUT2D eigenvalue weighted by atomic mass is 9.99. The van der Waals surface area contributed by atoms with Crippen LogP contribution >= 0.6 is 0 Å². The highest BCUT2D eigenvalue weighted by Crippen LogP contribution is 2.40. The number of nitrogens with zero attached hydrogens (tertiary/aromatic N) is 1. The van der Waals surface area contributed by atoms with Crippen molar-refractivity contribution in [2.75, 3.05) is 0 Å². The zero-order chi connectivity index (χ0) is 17.5. The van der Waals surface area contributed by atoms with E-state index in [2.05, 4.69) is 5.16 Å². The summed E-state index contributed by atoms with van der Waals surface area (Å²) in [5.41, 5.74) is -1.42. The van der Waals surface area contributed by atoms with Crippen LogP contribution in [0.15, 0.2) is 28.8 Å². The lowest BCUT2D eigenvalue weighted by Crippen LogP contribution is -2.12. The number of ketones is 1. The summed E-state index contributed by atoms with van der Waals surface area (Å²) >= 11 is -2.64. The van der Waals surface area contributed by atoms with Crippen LogP contribution in [0.5, 0.6) is 0 Å². The van der Waals surface area contributed by atoms with E-state index < -0.39 is 34.4 Å². The van der Waals surface area contributed by atoms with E-state index in [4.69, 9.17) is 4.52 Å². The van der Waals surface area contributed by atoms with Gasteiger partial charge < -0.3 is 9.08 Å². The molecule has 3 rings (SSSR count). The van der Waals surface area contributed by atoms with Crippen molar-refractivity contribution in [1.29, 1.82) is 0 Å². The predicted octanol–water partition coefficient (Wildman–Crippen LogP) is 3.18. The molecule has 128 valence electrons. The number of carbonyl (C=O) groups excluding carboxylic acids is 1. The number of carbonyl (C=O) groups is 1. The van der Waals surface area contributed by atoms with Gasteiger partial charge in [-0.05, 0) is 30.5 Å². The molecule has 0 amide bonds.